The van der Waals surface area contributed by atoms with Gasteiger partial charge in [-0.2, -0.15) is 0 Å². The average Bonchev–Trinajstić information content (AvgIpc) is 3.20. The van der Waals surface area contributed by atoms with Gasteiger partial charge in [0.25, 0.3) is 0 Å². The first-order valence-corrected chi connectivity index (χ1v) is 8.54. The Kier molecular flexibility index (Phi) is 3.73. The molecule has 3 rings (SSSR count). The zero-order valence-corrected chi connectivity index (χ0v) is 12.3. The van der Waals surface area contributed by atoms with Crippen LogP contribution in [0.5, 0.6) is 0 Å². The second-order valence-electron chi connectivity index (χ2n) is 5.66. The molecule has 1 aromatic rings. The number of rotatable bonds is 5. The largest absolute Gasteiger partial charge is 0.478 e. The highest BCUT2D eigenvalue weighted by Crippen LogP contribution is 2.30. The number of hydrogen-bond acceptors (Lipinski definition) is 4. The van der Waals surface area contributed by atoms with Crippen molar-refractivity contribution < 1.29 is 18.3 Å². The Bertz CT molecular complexity index is 637. The van der Waals surface area contributed by atoms with Gasteiger partial charge >= 0.3 is 5.97 Å². The van der Waals surface area contributed by atoms with Crippen molar-refractivity contribution in [2.75, 3.05) is 13.1 Å². The number of nitrogens with one attached hydrogen (secondary N) is 1. The molecule has 1 saturated carbocycles. The van der Waals surface area contributed by atoms with Crippen LogP contribution in [0.2, 0.25) is 0 Å². The number of sulfonamides is 1. The van der Waals surface area contributed by atoms with Crippen LogP contribution < -0.4 is 4.72 Å². The van der Waals surface area contributed by atoms with Crippen molar-refractivity contribution in [1.82, 2.24) is 9.62 Å². The van der Waals surface area contributed by atoms with Gasteiger partial charge in [-0.1, -0.05) is 0 Å². The number of carboxylic acids is 1. The molecule has 6 nitrogen and oxygen atoms in total. The number of carboxylic acid groups (broad SMARTS) is 1. The minimum absolute atomic E-state index is 0.0604. The van der Waals surface area contributed by atoms with E-state index in [1.807, 2.05) is 0 Å². The third-order valence-corrected chi connectivity index (χ3v) is 5.55. The molecular weight excluding hydrogens is 292 g/mol. The molecule has 0 amide bonds. The number of nitrogens with zero attached hydrogens (tertiary/aromatic N) is 1. The predicted octanol–water partition coefficient (Wildman–Crippen LogP) is 0.900. The van der Waals surface area contributed by atoms with Crippen LogP contribution in [-0.2, 0) is 10.0 Å². The molecule has 0 radical (unpaired) electrons. The standard InChI is InChI=1S/C14H18N2O4S/c17-14(18)10-1-5-13(6-2-10)21(19,20)15-11-7-8-16(9-11)12-3-4-12/h1-2,5-6,11-12,15H,3-4,7-9H2,(H,17,18). The highest BCUT2D eigenvalue weighted by Gasteiger charge is 2.35. The summed E-state index contributed by atoms with van der Waals surface area (Å²) in [7, 11) is -3.58. The number of benzene rings is 1. The fraction of sp³-hybridized carbons (Fsp3) is 0.500. The van der Waals surface area contributed by atoms with Crippen molar-refractivity contribution in [3.8, 4) is 0 Å². The fourth-order valence-electron chi connectivity index (χ4n) is 2.72. The summed E-state index contributed by atoms with van der Waals surface area (Å²) in [6.07, 6.45) is 3.26. The molecule has 1 aromatic carbocycles. The zero-order chi connectivity index (χ0) is 15.0. The molecule has 1 saturated heterocycles. The Morgan fingerprint density at radius 2 is 1.86 bits per heavy atom. The average molecular weight is 310 g/mol. The fourth-order valence-corrected chi connectivity index (χ4v) is 3.98. The van der Waals surface area contributed by atoms with Gasteiger partial charge in [-0.3, -0.25) is 4.90 Å². The summed E-state index contributed by atoms with van der Waals surface area (Å²) in [5.41, 5.74) is 0.0784. The summed E-state index contributed by atoms with van der Waals surface area (Å²) in [4.78, 5) is 13.2. The molecule has 2 fully saturated rings. The van der Waals surface area contributed by atoms with Crippen LogP contribution in [0.15, 0.2) is 29.2 Å². The van der Waals surface area contributed by atoms with E-state index >= 15 is 0 Å². The lowest BCUT2D eigenvalue weighted by Crippen LogP contribution is -2.37. The van der Waals surface area contributed by atoms with Crippen molar-refractivity contribution in [2.24, 2.45) is 0 Å². The zero-order valence-electron chi connectivity index (χ0n) is 11.5. The molecule has 1 atom stereocenters. The molecule has 114 valence electrons. The lowest BCUT2D eigenvalue weighted by Gasteiger charge is -2.16. The molecule has 0 bridgehead atoms. The third kappa shape index (κ3) is 3.25. The predicted molar refractivity (Wildman–Crippen MR) is 76.7 cm³/mol. The summed E-state index contributed by atoms with van der Waals surface area (Å²) >= 11 is 0. The first-order valence-electron chi connectivity index (χ1n) is 7.05. The van der Waals surface area contributed by atoms with Crippen molar-refractivity contribution in [3.05, 3.63) is 29.8 Å². The maximum absolute atomic E-state index is 12.3. The van der Waals surface area contributed by atoms with Gasteiger partial charge in [0.15, 0.2) is 0 Å². The van der Waals surface area contributed by atoms with E-state index in [0.717, 1.165) is 19.5 Å². The van der Waals surface area contributed by atoms with Gasteiger partial charge in [-0.15, -0.1) is 0 Å². The van der Waals surface area contributed by atoms with Crippen LogP contribution >= 0.6 is 0 Å². The van der Waals surface area contributed by atoms with E-state index in [9.17, 15) is 13.2 Å². The second kappa shape index (κ2) is 5.40. The third-order valence-electron chi connectivity index (χ3n) is 4.02. The summed E-state index contributed by atoms with van der Waals surface area (Å²) in [6.45, 7) is 1.70. The summed E-state index contributed by atoms with van der Waals surface area (Å²) in [6, 6.07) is 5.87. The SMILES string of the molecule is O=C(O)c1ccc(S(=O)(=O)NC2CCN(C3CC3)C2)cc1. The molecule has 0 spiro atoms. The van der Waals surface area contributed by atoms with Gasteiger partial charge < -0.3 is 5.11 Å². The highest BCUT2D eigenvalue weighted by atomic mass is 32.2. The minimum atomic E-state index is -3.58. The van der Waals surface area contributed by atoms with Crippen LogP contribution in [-0.4, -0.2) is 49.6 Å². The number of hydrogen-bond donors (Lipinski definition) is 2. The van der Waals surface area contributed by atoms with Crippen LogP contribution in [0.25, 0.3) is 0 Å². The molecule has 1 heterocycles. The molecule has 1 aliphatic heterocycles. The van der Waals surface area contributed by atoms with E-state index < -0.39 is 16.0 Å². The summed E-state index contributed by atoms with van der Waals surface area (Å²) < 4.78 is 27.3. The monoisotopic (exact) mass is 310 g/mol. The Morgan fingerprint density at radius 1 is 1.19 bits per heavy atom. The van der Waals surface area contributed by atoms with Crippen LogP contribution in [0.3, 0.4) is 0 Å². The van der Waals surface area contributed by atoms with Crippen LogP contribution in [0.4, 0.5) is 0 Å². The van der Waals surface area contributed by atoms with E-state index in [-0.39, 0.29) is 16.5 Å². The Balaban J connectivity index is 1.67. The van der Waals surface area contributed by atoms with Crippen molar-refractivity contribution in [2.45, 2.75) is 36.2 Å². The molecular formula is C14H18N2O4S. The van der Waals surface area contributed by atoms with Gasteiger partial charge in [-0.25, -0.2) is 17.9 Å². The Morgan fingerprint density at radius 3 is 2.43 bits per heavy atom. The van der Waals surface area contributed by atoms with Crippen molar-refractivity contribution >= 4 is 16.0 Å². The highest BCUT2D eigenvalue weighted by molar-refractivity contribution is 7.89. The van der Waals surface area contributed by atoms with Gasteiger partial charge in [0.05, 0.1) is 10.5 Å². The van der Waals surface area contributed by atoms with Gasteiger partial charge in [0, 0.05) is 25.2 Å². The van der Waals surface area contributed by atoms with Crippen molar-refractivity contribution in [1.29, 1.82) is 0 Å². The molecule has 1 aliphatic carbocycles. The molecule has 2 N–H and O–H groups in total. The quantitative estimate of drug-likeness (QED) is 0.844. The topological polar surface area (TPSA) is 86.7 Å². The van der Waals surface area contributed by atoms with Gasteiger partial charge in [-0.05, 0) is 43.5 Å². The van der Waals surface area contributed by atoms with Crippen LogP contribution in [0, 0.1) is 0 Å². The summed E-state index contributed by atoms with van der Waals surface area (Å²) in [5, 5.41) is 8.82. The lowest BCUT2D eigenvalue weighted by molar-refractivity contribution is 0.0696. The first kappa shape index (κ1) is 14.5. The molecule has 2 aliphatic rings. The van der Waals surface area contributed by atoms with E-state index in [4.69, 9.17) is 5.11 Å². The minimum Gasteiger partial charge on any atom is -0.478 e. The summed E-state index contributed by atoms with van der Waals surface area (Å²) in [5.74, 6) is -1.07. The molecule has 7 heteroatoms. The van der Waals surface area contributed by atoms with E-state index in [2.05, 4.69) is 9.62 Å². The number of carbonyl (C=O) groups is 1. The number of aromatic carboxylic acids is 1. The first-order chi connectivity index (χ1) is 9.95. The second-order valence-corrected chi connectivity index (χ2v) is 7.38. The number of likely N-dealkylation sites (tertiary alicyclic amines) is 1. The van der Waals surface area contributed by atoms with E-state index in [1.165, 1.54) is 37.1 Å². The lowest BCUT2D eigenvalue weighted by atomic mass is 10.2. The normalized spacial score (nSPS) is 23.3. The Labute approximate surface area is 123 Å². The van der Waals surface area contributed by atoms with E-state index in [0.29, 0.717) is 6.04 Å². The van der Waals surface area contributed by atoms with E-state index in [1.54, 1.807) is 0 Å². The molecule has 21 heavy (non-hydrogen) atoms. The smallest absolute Gasteiger partial charge is 0.335 e. The maximum Gasteiger partial charge on any atom is 0.335 e. The van der Waals surface area contributed by atoms with Crippen LogP contribution in [0.1, 0.15) is 29.6 Å². The van der Waals surface area contributed by atoms with Gasteiger partial charge in [0.2, 0.25) is 10.0 Å². The maximum atomic E-state index is 12.3. The van der Waals surface area contributed by atoms with Crippen molar-refractivity contribution in [3.63, 3.8) is 0 Å². The molecule has 0 aromatic heterocycles. The Hall–Kier alpha value is -1.44. The van der Waals surface area contributed by atoms with Gasteiger partial charge in [0.1, 0.15) is 0 Å². The molecule has 1 unspecified atom stereocenters.